The van der Waals surface area contributed by atoms with E-state index in [4.69, 9.17) is 0 Å². The zero-order valence-corrected chi connectivity index (χ0v) is 10.6. The normalized spacial score (nSPS) is 10.1. The maximum Gasteiger partial charge on any atom is 0.270 e. The molecule has 3 nitrogen and oxygen atoms in total. The van der Waals surface area contributed by atoms with Crippen LogP contribution in [-0.4, -0.2) is 10.9 Å². The molecule has 0 bridgehead atoms. The maximum atomic E-state index is 11.9. The Bertz CT molecular complexity index is 564. The van der Waals surface area contributed by atoms with Crippen LogP contribution in [0.2, 0.25) is 0 Å². The third kappa shape index (κ3) is 2.94. The lowest BCUT2D eigenvalue weighted by atomic mass is 10.1. The molecule has 0 saturated heterocycles. The highest BCUT2D eigenvalue weighted by molar-refractivity contribution is 5.92. The Morgan fingerprint density at radius 3 is 2.61 bits per heavy atom. The summed E-state index contributed by atoms with van der Waals surface area (Å²) < 4.78 is 0. The molecule has 18 heavy (non-hydrogen) atoms. The molecule has 0 fully saturated rings. The summed E-state index contributed by atoms with van der Waals surface area (Å²) in [6, 6.07) is 13.4. The molecule has 2 rings (SSSR count). The molecular formula is C15H16N2O. The zero-order chi connectivity index (χ0) is 13.0. The number of nitrogens with one attached hydrogen (secondary N) is 1. The molecule has 1 amide bonds. The smallest absolute Gasteiger partial charge is 0.270 e. The molecule has 2 aromatic rings. The van der Waals surface area contributed by atoms with Gasteiger partial charge in [0.25, 0.3) is 5.91 Å². The number of hydrogen-bond donors (Lipinski definition) is 1. The van der Waals surface area contributed by atoms with E-state index in [0.717, 1.165) is 11.3 Å². The highest BCUT2D eigenvalue weighted by atomic mass is 16.1. The lowest BCUT2D eigenvalue weighted by molar-refractivity contribution is 0.0945. The van der Waals surface area contributed by atoms with Crippen molar-refractivity contribution in [2.45, 2.75) is 20.4 Å². The van der Waals surface area contributed by atoms with Gasteiger partial charge in [-0.3, -0.25) is 4.79 Å². The molecule has 1 aromatic heterocycles. The van der Waals surface area contributed by atoms with Crippen LogP contribution in [0.4, 0.5) is 0 Å². The van der Waals surface area contributed by atoms with Crippen LogP contribution in [-0.2, 0) is 6.54 Å². The molecule has 1 heterocycles. The molecule has 0 aliphatic carbocycles. The van der Waals surface area contributed by atoms with Crippen molar-refractivity contribution < 1.29 is 4.79 Å². The molecule has 0 spiro atoms. The maximum absolute atomic E-state index is 11.9. The Morgan fingerprint density at radius 2 is 1.89 bits per heavy atom. The van der Waals surface area contributed by atoms with Crippen molar-refractivity contribution in [3.63, 3.8) is 0 Å². The van der Waals surface area contributed by atoms with Crippen molar-refractivity contribution in [2.24, 2.45) is 0 Å². The molecule has 1 N–H and O–H groups in total. The van der Waals surface area contributed by atoms with Crippen molar-refractivity contribution >= 4 is 5.91 Å². The van der Waals surface area contributed by atoms with Crippen LogP contribution in [0.3, 0.4) is 0 Å². The summed E-state index contributed by atoms with van der Waals surface area (Å²) in [6.07, 6.45) is 0. The van der Waals surface area contributed by atoms with E-state index in [2.05, 4.69) is 10.3 Å². The number of carbonyl (C=O) groups excluding carboxylic acids is 1. The second-order valence-electron chi connectivity index (χ2n) is 4.27. The third-order valence-corrected chi connectivity index (χ3v) is 2.82. The van der Waals surface area contributed by atoms with Crippen LogP contribution < -0.4 is 5.32 Å². The van der Waals surface area contributed by atoms with E-state index in [1.54, 1.807) is 6.07 Å². The minimum atomic E-state index is -0.137. The van der Waals surface area contributed by atoms with Gasteiger partial charge in [-0.25, -0.2) is 4.98 Å². The van der Waals surface area contributed by atoms with Crippen LogP contribution in [0.15, 0.2) is 42.5 Å². The quantitative estimate of drug-likeness (QED) is 0.896. The van der Waals surface area contributed by atoms with Crippen LogP contribution in [0.1, 0.15) is 27.3 Å². The van der Waals surface area contributed by atoms with E-state index < -0.39 is 0 Å². The number of rotatable bonds is 3. The largest absolute Gasteiger partial charge is 0.347 e. The molecule has 1 aromatic carbocycles. The first-order valence-corrected chi connectivity index (χ1v) is 5.93. The van der Waals surface area contributed by atoms with Gasteiger partial charge in [-0.1, -0.05) is 30.3 Å². The minimum absolute atomic E-state index is 0.137. The second-order valence-corrected chi connectivity index (χ2v) is 4.27. The van der Waals surface area contributed by atoms with E-state index in [1.807, 2.05) is 50.2 Å². The van der Waals surface area contributed by atoms with Crippen LogP contribution >= 0.6 is 0 Å². The SMILES string of the molecule is Cc1cccc(C(=O)NCc2ccccc2C)n1. The third-order valence-electron chi connectivity index (χ3n) is 2.82. The monoisotopic (exact) mass is 240 g/mol. The fraction of sp³-hybridized carbons (Fsp3) is 0.200. The van der Waals surface area contributed by atoms with Crippen molar-refractivity contribution in [3.8, 4) is 0 Å². The van der Waals surface area contributed by atoms with Gasteiger partial charge in [0.1, 0.15) is 5.69 Å². The molecule has 3 heteroatoms. The van der Waals surface area contributed by atoms with Gasteiger partial charge in [-0.05, 0) is 37.1 Å². The lowest BCUT2D eigenvalue weighted by Gasteiger charge is -2.07. The summed E-state index contributed by atoms with van der Waals surface area (Å²) >= 11 is 0. The van der Waals surface area contributed by atoms with E-state index in [9.17, 15) is 4.79 Å². The van der Waals surface area contributed by atoms with Gasteiger partial charge in [0.15, 0.2) is 0 Å². The highest BCUT2D eigenvalue weighted by Gasteiger charge is 2.07. The molecule has 0 aliphatic heterocycles. The lowest BCUT2D eigenvalue weighted by Crippen LogP contribution is -2.24. The van der Waals surface area contributed by atoms with Crippen molar-refractivity contribution in [2.75, 3.05) is 0 Å². The Kier molecular flexibility index (Phi) is 3.72. The Morgan fingerprint density at radius 1 is 1.11 bits per heavy atom. The van der Waals surface area contributed by atoms with Gasteiger partial charge in [0.05, 0.1) is 0 Å². The molecule has 92 valence electrons. The highest BCUT2D eigenvalue weighted by Crippen LogP contribution is 2.06. The number of pyridine rings is 1. The van der Waals surface area contributed by atoms with Gasteiger partial charge in [0.2, 0.25) is 0 Å². The van der Waals surface area contributed by atoms with Crippen LogP contribution in [0.25, 0.3) is 0 Å². The summed E-state index contributed by atoms with van der Waals surface area (Å²) in [7, 11) is 0. The predicted molar refractivity (Wildman–Crippen MR) is 71.3 cm³/mol. The van der Waals surface area contributed by atoms with Crippen molar-refractivity contribution in [3.05, 3.63) is 65.0 Å². The molecule has 0 aliphatic rings. The number of nitrogens with zero attached hydrogens (tertiary/aromatic N) is 1. The fourth-order valence-electron chi connectivity index (χ4n) is 1.74. The van der Waals surface area contributed by atoms with Gasteiger partial charge in [-0.2, -0.15) is 0 Å². The first-order valence-electron chi connectivity index (χ1n) is 5.93. The van der Waals surface area contributed by atoms with E-state index in [-0.39, 0.29) is 5.91 Å². The molecule has 0 atom stereocenters. The van der Waals surface area contributed by atoms with E-state index in [1.165, 1.54) is 5.56 Å². The Labute approximate surface area is 107 Å². The van der Waals surface area contributed by atoms with Gasteiger partial charge >= 0.3 is 0 Å². The summed E-state index contributed by atoms with van der Waals surface area (Å²) in [5.41, 5.74) is 3.61. The number of amides is 1. The Hall–Kier alpha value is -2.16. The average Bonchev–Trinajstić information content (AvgIpc) is 2.37. The number of aromatic nitrogens is 1. The number of hydrogen-bond acceptors (Lipinski definition) is 2. The van der Waals surface area contributed by atoms with E-state index >= 15 is 0 Å². The predicted octanol–water partition coefficient (Wildman–Crippen LogP) is 2.63. The van der Waals surface area contributed by atoms with Gasteiger partial charge in [-0.15, -0.1) is 0 Å². The van der Waals surface area contributed by atoms with Gasteiger partial charge < -0.3 is 5.32 Å². The van der Waals surface area contributed by atoms with Crippen molar-refractivity contribution in [1.82, 2.24) is 10.3 Å². The summed E-state index contributed by atoms with van der Waals surface area (Å²) in [6.45, 7) is 4.44. The second kappa shape index (κ2) is 5.45. The molecular weight excluding hydrogens is 224 g/mol. The Balaban J connectivity index is 2.03. The van der Waals surface area contributed by atoms with E-state index in [0.29, 0.717) is 12.2 Å². The summed E-state index contributed by atoms with van der Waals surface area (Å²) in [5, 5.41) is 2.88. The summed E-state index contributed by atoms with van der Waals surface area (Å²) in [5.74, 6) is -0.137. The minimum Gasteiger partial charge on any atom is -0.347 e. The standard InChI is InChI=1S/C15H16N2O/c1-11-6-3-4-8-13(11)10-16-15(18)14-9-5-7-12(2)17-14/h3-9H,10H2,1-2H3,(H,16,18). The molecule has 0 unspecified atom stereocenters. The molecule has 0 saturated carbocycles. The first kappa shape index (κ1) is 12.3. The van der Waals surface area contributed by atoms with Crippen molar-refractivity contribution in [1.29, 1.82) is 0 Å². The fourth-order valence-corrected chi connectivity index (χ4v) is 1.74. The number of aryl methyl sites for hydroxylation is 2. The number of benzene rings is 1. The first-order chi connectivity index (χ1) is 8.66. The van der Waals surface area contributed by atoms with Gasteiger partial charge in [0, 0.05) is 12.2 Å². The zero-order valence-electron chi connectivity index (χ0n) is 10.6. The number of carbonyl (C=O) groups is 1. The summed E-state index contributed by atoms with van der Waals surface area (Å²) in [4.78, 5) is 16.1. The molecule has 0 radical (unpaired) electrons. The van der Waals surface area contributed by atoms with Crippen LogP contribution in [0, 0.1) is 13.8 Å². The topological polar surface area (TPSA) is 42.0 Å². The average molecular weight is 240 g/mol. The van der Waals surface area contributed by atoms with Crippen LogP contribution in [0.5, 0.6) is 0 Å².